The van der Waals surface area contributed by atoms with Gasteiger partial charge in [-0.25, -0.2) is 5.48 Å². The fraction of sp³-hybridized carbons (Fsp3) is 0. The Labute approximate surface area is 144 Å². The van der Waals surface area contributed by atoms with E-state index in [1.807, 2.05) is 42.5 Å². The van der Waals surface area contributed by atoms with Crippen molar-refractivity contribution >= 4 is 18.1 Å². The summed E-state index contributed by atoms with van der Waals surface area (Å²) in [5.74, 6) is -0.375. The highest BCUT2D eigenvalue weighted by molar-refractivity contribution is 5.94. The van der Waals surface area contributed by atoms with Crippen molar-refractivity contribution in [1.82, 2.24) is 10.5 Å². The molecule has 0 aliphatic rings. The molecule has 0 aliphatic heterocycles. The van der Waals surface area contributed by atoms with Crippen molar-refractivity contribution in [2.75, 3.05) is 0 Å². The molecule has 5 heteroatoms. The zero-order chi connectivity index (χ0) is 17.6. The highest BCUT2D eigenvalue weighted by atomic mass is 16.5. The van der Waals surface area contributed by atoms with E-state index in [4.69, 9.17) is 5.21 Å². The summed E-state index contributed by atoms with van der Waals surface area (Å²) < 4.78 is 0. The molecule has 0 fully saturated rings. The van der Waals surface area contributed by atoms with Crippen molar-refractivity contribution in [3.8, 4) is 17.0 Å². The number of para-hydroxylation sites is 1. The molecule has 0 bridgehead atoms. The molecule has 3 N–H and O–H groups in total. The van der Waals surface area contributed by atoms with Gasteiger partial charge in [0, 0.05) is 17.3 Å². The number of pyridine rings is 1. The Kier molecular flexibility index (Phi) is 4.87. The summed E-state index contributed by atoms with van der Waals surface area (Å²) in [6.45, 7) is 0. The van der Waals surface area contributed by atoms with Gasteiger partial charge in [0.15, 0.2) is 0 Å². The van der Waals surface area contributed by atoms with E-state index in [1.54, 1.807) is 42.0 Å². The Morgan fingerprint density at radius 2 is 1.72 bits per heavy atom. The van der Waals surface area contributed by atoms with E-state index < -0.39 is 5.91 Å². The smallest absolute Gasteiger partial charge is 0.274 e. The van der Waals surface area contributed by atoms with Crippen molar-refractivity contribution < 1.29 is 15.1 Å². The molecule has 5 nitrogen and oxygen atoms in total. The number of hydrogen-bond acceptors (Lipinski definition) is 4. The quantitative estimate of drug-likeness (QED) is 0.502. The number of phenolic OH excluding ortho intramolecular Hbond substituents is 1. The highest BCUT2D eigenvalue weighted by Gasteiger charge is 2.05. The van der Waals surface area contributed by atoms with E-state index in [1.165, 1.54) is 0 Å². The number of carbonyl (C=O) groups excluding carboxylic acids is 1. The molecule has 1 aromatic heterocycles. The lowest BCUT2D eigenvalue weighted by molar-refractivity contribution is 0.0706. The number of hydrogen-bond donors (Lipinski definition) is 3. The van der Waals surface area contributed by atoms with Gasteiger partial charge >= 0.3 is 0 Å². The molecule has 2 aromatic carbocycles. The topological polar surface area (TPSA) is 82.5 Å². The maximum absolute atomic E-state index is 11.5. The maximum atomic E-state index is 11.5. The third kappa shape index (κ3) is 3.91. The summed E-state index contributed by atoms with van der Waals surface area (Å²) in [6.07, 6.45) is 5.43. The second-order valence-electron chi connectivity index (χ2n) is 5.39. The molecule has 0 radical (unpaired) electrons. The normalized spacial score (nSPS) is 10.8. The number of carbonyl (C=O) groups is 1. The molecule has 0 aliphatic carbocycles. The SMILES string of the molecule is O=C(NO)c1cccc(/C=C/c2ccnc(-c3ccccc3O)c2)c1. The summed E-state index contributed by atoms with van der Waals surface area (Å²) in [4.78, 5) is 15.8. The van der Waals surface area contributed by atoms with E-state index in [2.05, 4.69) is 4.98 Å². The summed E-state index contributed by atoms with van der Waals surface area (Å²) in [6, 6.07) is 17.6. The minimum atomic E-state index is -0.555. The lowest BCUT2D eigenvalue weighted by Gasteiger charge is -2.04. The standard InChI is InChI=1S/C20H16N2O3/c23-19-7-2-1-6-17(19)18-13-15(10-11-21-18)9-8-14-4-3-5-16(12-14)20(24)22-25/h1-13,23,25H,(H,22,24)/b9-8+. The molecule has 0 saturated heterocycles. The third-order valence-electron chi connectivity index (χ3n) is 3.68. The lowest BCUT2D eigenvalue weighted by Crippen LogP contribution is -2.18. The highest BCUT2D eigenvalue weighted by Crippen LogP contribution is 2.27. The molecule has 0 spiro atoms. The van der Waals surface area contributed by atoms with E-state index in [-0.39, 0.29) is 5.75 Å². The molecule has 124 valence electrons. The van der Waals surface area contributed by atoms with Crippen molar-refractivity contribution in [3.63, 3.8) is 0 Å². The monoisotopic (exact) mass is 332 g/mol. The number of amides is 1. The number of hydroxylamine groups is 1. The van der Waals surface area contributed by atoms with Gasteiger partial charge in [-0.1, -0.05) is 36.4 Å². The van der Waals surface area contributed by atoms with E-state index >= 15 is 0 Å². The molecule has 0 atom stereocenters. The largest absolute Gasteiger partial charge is 0.507 e. The van der Waals surface area contributed by atoms with Crippen molar-refractivity contribution in [2.24, 2.45) is 0 Å². The molecule has 1 heterocycles. The average molecular weight is 332 g/mol. The first kappa shape index (κ1) is 16.4. The van der Waals surface area contributed by atoms with Crippen LogP contribution in [0.5, 0.6) is 5.75 Å². The minimum absolute atomic E-state index is 0.179. The summed E-state index contributed by atoms with van der Waals surface area (Å²) in [5.41, 5.74) is 5.06. The van der Waals surface area contributed by atoms with Crippen LogP contribution in [0.3, 0.4) is 0 Å². The Morgan fingerprint density at radius 3 is 2.48 bits per heavy atom. The summed E-state index contributed by atoms with van der Waals surface area (Å²) in [5, 5.41) is 18.7. The van der Waals surface area contributed by atoms with Gasteiger partial charge < -0.3 is 5.11 Å². The predicted molar refractivity (Wildman–Crippen MR) is 96.0 cm³/mol. The van der Waals surface area contributed by atoms with Crippen LogP contribution in [0.1, 0.15) is 21.5 Å². The van der Waals surface area contributed by atoms with Crippen LogP contribution in [0.25, 0.3) is 23.4 Å². The molecular formula is C20H16N2O3. The summed E-state index contributed by atoms with van der Waals surface area (Å²) in [7, 11) is 0. The number of aromatic hydroxyl groups is 1. The Balaban J connectivity index is 1.87. The number of nitrogens with zero attached hydrogens (tertiary/aromatic N) is 1. The van der Waals surface area contributed by atoms with Gasteiger partial charge in [-0.2, -0.15) is 0 Å². The zero-order valence-electron chi connectivity index (χ0n) is 13.3. The molecular weight excluding hydrogens is 316 g/mol. The molecule has 1 amide bonds. The zero-order valence-corrected chi connectivity index (χ0v) is 13.3. The first-order valence-electron chi connectivity index (χ1n) is 7.64. The van der Waals surface area contributed by atoms with Gasteiger partial charge in [0.2, 0.25) is 0 Å². The second kappa shape index (κ2) is 7.42. The Morgan fingerprint density at radius 1 is 0.960 bits per heavy atom. The van der Waals surface area contributed by atoms with E-state index in [0.717, 1.165) is 11.1 Å². The minimum Gasteiger partial charge on any atom is -0.507 e. The molecule has 25 heavy (non-hydrogen) atoms. The number of aromatic nitrogens is 1. The number of benzene rings is 2. The van der Waals surface area contributed by atoms with E-state index in [9.17, 15) is 9.90 Å². The molecule has 3 rings (SSSR count). The van der Waals surface area contributed by atoms with Gasteiger partial charge in [0.1, 0.15) is 5.75 Å². The first-order valence-corrected chi connectivity index (χ1v) is 7.64. The van der Waals surface area contributed by atoms with E-state index in [0.29, 0.717) is 16.8 Å². The van der Waals surface area contributed by atoms with Gasteiger partial charge in [0.25, 0.3) is 5.91 Å². The van der Waals surface area contributed by atoms with Crippen LogP contribution >= 0.6 is 0 Å². The molecule has 3 aromatic rings. The van der Waals surface area contributed by atoms with Crippen LogP contribution in [0.4, 0.5) is 0 Å². The van der Waals surface area contributed by atoms with Crippen LogP contribution < -0.4 is 5.48 Å². The van der Waals surface area contributed by atoms with Crippen LogP contribution in [-0.2, 0) is 0 Å². The third-order valence-corrected chi connectivity index (χ3v) is 3.68. The Bertz CT molecular complexity index is 935. The summed E-state index contributed by atoms with van der Waals surface area (Å²) >= 11 is 0. The fourth-order valence-electron chi connectivity index (χ4n) is 2.43. The van der Waals surface area contributed by atoms with Gasteiger partial charge in [0.05, 0.1) is 5.69 Å². The first-order chi connectivity index (χ1) is 12.2. The number of nitrogens with one attached hydrogen (secondary N) is 1. The van der Waals surface area contributed by atoms with Crippen LogP contribution in [0, 0.1) is 0 Å². The molecule has 0 unspecified atom stereocenters. The van der Waals surface area contributed by atoms with Gasteiger partial charge in [-0.15, -0.1) is 0 Å². The Hall–Kier alpha value is -3.44. The van der Waals surface area contributed by atoms with Gasteiger partial charge in [-0.05, 0) is 47.5 Å². The van der Waals surface area contributed by atoms with Crippen LogP contribution in [0.15, 0.2) is 66.9 Å². The number of rotatable bonds is 4. The van der Waals surface area contributed by atoms with Crippen LogP contribution in [0.2, 0.25) is 0 Å². The average Bonchev–Trinajstić information content (AvgIpc) is 2.66. The lowest BCUT2D eigenvalue weighted by atomic mass is 10.1. The second-order valence-corrected chi connectivity index (χ2v) is 5.39. The maximum Gasteiger partial charge on any atom is 0.274 e. The predicted octanol–water partition coefficient (Wildman–Crippen LogP) is 3.74. The van der Waals surface area contributed by atoms with Crippen molar-refractivity contribution in [1.29, 1.82) is 0 Å². The van der Waals surface area contributed by atoms with Crippen molar-refractivity contribution in [3.05, 3.63) is 83.6 Å². The van der Waals surface area contributed by atoms with Crippen LogP contribution in [-0.4, -0.2) is 21.2 Å². The fourth-order valence-corrected chi connectivity index (χ4v) is 2.43. The molecule has 0 saturated carbocycles. The van der Waals surface area contributed by atoms with Gasteiger partial charge in [-0.3, -0.25) is 15.0 Å². The van der Waals surface area contributed by atoms with Crippen molar-refractivity contribution in [2.45, 2.75) is 0 Å². The number of phenols is 1.